The quantitative estimate of drug-likeness (QED) is 0.151. The smallest absolute Gasteiger partial charge is 0.164 e. The first-order valence-corrected chi connectivity index (χ1v) is 21.1. The number of benzene rings is 6. The van der Waals surface area contributed by atoms with Gasteiger partial charge in [0.1, 0.15) is 0 Å². The van der Waals surface area contributed by atoms with Crippen molar-refractivity contribution in [3.63, 3.8) is 0 Å². The number of fused-ring (bicyclic) bond motifs is 12. The maximum absolute atomic E-state index is 5.01. The van der Waals surface area contributed by atoms with Crippen molar-refractivity contribution in [2.45, 2.75) is 32.1 Å². The largest absolute Gasteiger partial charge is 0.208 e. The normalized spacial score (nSPS) is 15.5. The molecular formula is C58H41N3. The Morgan fingerprint density at radius 3 is 2.16 bits per heavy atom. The molecule has 1 unspecified atom stereocenters. The van der Waals surface area contributed by atoms with Gasteiger partial charge in [-0.05, 0) is 129 Å². The number of hydrogen-bond donors (Lipinski definition) is 0. The van der Waals surface area contributed by atoms with E-state index in [0.29, 0.717) is 17.5 Å². The number of allylic oxidation sites excluding steroid dienone is 6. The van der Waals surface area contributed by atoms with Crippen molar-refractivity contribution in [3.8, 4) is 67.3 Å². The summed E-state index contributed by atoms with van der Waals surface area (Å²) in [6.07, 6.45) is 14.6. The van der Waals surface area contributed by atoms with Gasteiger partial charge >= 0.3 is 0 Å². The molecule has 1 aromatic heterocycles. The van der Waals surface area contributed by atoms with E-state index in [0.717, 1.165) is 46.2 Å². The number of aryl methyl sites for hydroxylation is 2. The average molecular weight is 780 g/mol. The second kappa shape index (κ2) is 14.6. The Bertz CT molecular complexity index is 3180. The van der Waals surface area contributed by atoms with Crippen molar-refractivity contribution in [2.24, 2.45) is 0 Å². The fraction of sp³-hybridized carbons (Fsp3) is 0.0862. The summed E-state index contributed by atoms with van der Waals surface area (Å²) >= 11 is 0. The summed E-state index contributed by atoms with van der Waals surface area (Å²) < 4.78 is 0. The van der Waals surface area contributed by atoms with Crippen LogP contribution in [0.1, 0.15) is 58.1 Å². The highest BCUT2D eigenvalue weighted by molar-refractivity contribution is 5.99. The molecule has 3 aliphatic rings. The molecule has 0 saturated carbocycles. The summed E-state index contributed by atoms with van der Waals surface area (Å²) in [4.78, 5) is 14.9. The van der Waals surface area contributed by atoms with E-state index >= 15 is 0 Å². The molecule has 11 rings (SSSR count). The van der Waals surface area contributed by atoms with Gasteiger partial charge in [0.15, 0.2) is 17.5 Å². The van der Waals surface area contributed by atoms with Gasteiger partial charge in [-0.2, -0.15) is 0 Å². The molecule has 1 heterocycles. The Kier molecular flexibility index (Phi) is 8.69. The number of aromatic nitrogens is 3. The zero-order chi connectivity index (χ0) is 41.1. The number of hydrogen-bond acceptors (Lipinski definition) is 3. The van der Waals surface area contributed by atoms with E-state index in [-0.39, 0.29) is 0 Å². The minimum absolute atomic E-state index is 0.501. The third kappa shape index (κ3) is 5.79. The van der Waals surface area contributed by atoms with Crippen LogP contribution in [0.4, 0.5) is 0 Å². The van der Waals surface area contributed by atoms with Crippen molar-refractivity contribution in [2.75, 3.05) is 0 Å². The minimum atomic E-state index is -0.501. The van der Waals surface area contributed by atoms with Crippen molar-refractivity contribution >= 4 is 11.6 Å². The average Bonchev–Trinajstić information content (AvgIpc) is 3.78. The van der Waals surface area contributed by atoms with E-state index in [2.05, 4.69) is 141 Å². The third-order valence-electron chi connectivity index (χ3n) is 12.6. The van der Waals surface area contributed by atoms with Gasteiger partial charge in [-0.3, -0.25) is 0 Å². The van der Waals surface area contributed by atoms with Crippen LogP contribution >= 0.6 is 0 Å². The lowest BCUT2D eigenvalue weighted by Crippen LogP contribution is -2.26. The molecule has 3 aliphatic carbocycles. The zero-order valence-corrected chi connectivity index (χ0v) is 34.2. The molecule has 3 heteroatoms. The zero-order valence-electron chi connectivity index (χ0n) is 34.2. The first-order valence-electron chi connectivity index (χ1n) is 21.1. The Hall–Kier alpha value is -7.67. The van der Waals surface area contributed by atoms with Crippen LogP contribution in [0.3, 0.4) is 0 Å². The highest BCUT2D eigenvalue weighted by Gasteiger charge is 2.53. The lowest BCUT2D eigenvalue weighted by molar-refractivity contribution is 0.793. The third-order valence-corrected chi connectivity index (χ3v) is 12.6. The standard InChI is InChI=1S/C58H41N3/c1-4-6-16-38(5-2)55-59-56(40-18-8-7-9-19-40)61-57(60-55)45-23-15-22-43(35-45)41-20-14-21-42(34-41)44-28-30-48-53(36-44)58(52-32-29-39-17-10-11-24-46(39)54(48)52)50-26-13-12-25-47(50)49-33-37(3)27-31-51(49)58/h4-9,11-12,14-16,18-25,27-36H,2,10,17H2,1,3H3/b6-4-,38-16+. The van der Waals surface area contributed by atoms with E-state index < -0.39 is 5.41 Å². The molecule has 61 heavy (non-hydrogen) atoms. The topological polar surface area (TPSA) is 38.7 Å². The molecule has 1 spiro atoms. The fourth-order valence-electron chi connectivity index (χ4n) is 9.82. The van der Waals surface area contributed by atoms with Crippen molar-refractivity contribution in [3.05, 3.63) is 233 Å². The summed E-state index contributed by atoms with van der Waals surface area (Å²) in [5, 5.41) is 0. The van der Waals surface area contributed by atoms with E-state index in [1.807, 2.05) is 61.5 Å². The Morgan fingerprint density at radius 1 is 0.656 bits per heavy atom. The molecule has 0 aliphatic heterocycles. The van der Waals surface area contributed by atoms with Gasteiger partial charge in [-0.15, -0.1) is 0 Å². The molecule has 0 amide bonds. The van der Waals surface area contributed by atoms with Gasteiger partial charge in [-0.25, -0.2) is 15.0 Å². The maximum Gasteiger partial charge on any atom is 0.164 e. The Balaban J connectivity index is 1.05. The molecule has 0 bridgehead atoms. The summed E-state index contributed by atoms with van der Waals surface area (Å²) in [6.45, 7) is 8.24. The lowest BCUT2D eigenvalue weighted by atomic mass is 9.70. The number of nitrogens with zero attached hydrogens (tertiary/aromatic N) is 3. The van der Waals surface area contributed by atoms with Crippen molar-refractivity contribution in [1.29, 1.82) is 0 Å². The first kappa shape index (κ1) is 36.4. The Morgan fingerprint density at radius 2 is 1.38 bits per heavy atom. The maximum atomic E-state index is 5.01. The van der Waals surface area contributed by atoms with Crippen molar-refractivity contribution in [1.82, 2.24) is 15.0 Å². The van der Waals surface area contributed by atoms with Gasteiger partial charge in [-0.1, -0.05) is 170 Å². The molecule has 7 aromatic carbocycles. The number of rotatable bonds is 7. The molecule has 3 nitrogen and oxygen atoms in total. The van der Waals surface area contributed by atoms with E-state index in [4.69, 9.17) is 15.0 Å². The van der Waals surface area contributed by atoms with E-state index in [1.165, 1.54) is 66.8 Å². The highest BCUT2D eigenvalue weighted by atomic mass is 15.0. The first-order chi connectivity index (χ1) is 30.0. The van der Waals surface area contributed by atoms with Gasteiger partial charge < -0.3 is 0 Å². The SMILES string of the molecule is C=C/C(=C\C=C/C)c1nc(-c2ccccc2)nc(-c2cccc(-c3cccc(-c4ccc5c(c4)C4(c6c#cccc6-c6cc(C)ccc64)c4ccc6c(c4-5)C=CCC6)c3)c2)n1. The molecular weight excluding hydrogens is 739 g/mol. The molecule has 0 fully saturated rings. The fourth-order valence-corrected chi connectivity index (χ4v) is 9.82. The van der Waals surface area contributed by atoms with Crippen LogP contribution in [0.15, 0.2) is 176 Å². The second-order valence-corrected chi connectivity index (χ2v) is 16.1. The van der Waals surface area contributed by atoms with Crippen molar-refractivity contribution < 1.29 is 0 Å². The molecule has 0 saturated heterocycles. The van der Waals surface area contributed by atoms with Gasteiger partial charge in [0, 0.05) is 22.3 Å². The van der Waals surface area contributed by atoms with Crippen LogP contribution in [0, 0.1) is 19.1 Å². The van der Waals surface area contributed by atoms with E-state index in [1.54, 1.807) is 6.08 Å². The summed E-state index contributed by atoms with van der Waals surface area (Å²) in [5.41, 5.74) is 21.1. The Labute approximate surface area is 357 Å². The summed E-state index contributed by atoms with van der Waals surface area (Å²) in [6, 6.07) is 57.7. The molecule has 8 aromatic rings. The summed E-state index contributed by atoms with van der Waals surface area (Å²) in [5.74, 6) is 1.81. The molecule has 288 valence electrons. The highest BCUT2D eigenvalue weighted by Crippen LogP contribution is 2.64. The molecule has 1 atom stereocenters. The van der Waals surface area contributed by atoms with Crippen LogP contribution < -0.4 is 0 Å². The minimum Gasteiger partial charge on any atom is -0.208 e. The lowest BCUT2D eigenvalue weighted by Gasteiger charge is -2.30. The van der Waals surface area contributed by atoms with Crippen LogP contribution in [0.2, 0.25) is 0 Å². The monoisotopic (exact) mass is 779 g/mol. The van der Waals surface area contributed by atoms with Crippen LogP contribution in [0.25, 0.3) is 78.9 Å². The van der Waals surface area contributed by atoms with Gasteiger partial charge in [0.25, 0.3) is 0 Å². The van der Waals surface area contributed by atoms with Gasteiger partial charge in [0.2, 0.25) is 0 Å². The van der Waals surface area contributed by atoms with E-state index in [9.17, 15) is 0 Å². The van der Waals surface area contributed by atoms with Crippen LogP contribution in [0.5, 0.6) is 0 Å². The second-order valence-electron chi connectivity index (χ2n) is 16.1. The predicted octanol–water partition coefficient (Wildman–Crippen LogP) is 13.9. The van der Waals surface area contributed by atoms with Gasteiger partial charge in [0.05, 0.1) is 5.41 Å². The van der Waals surface area contributed by atoms with Crippen LogP contribution in [-0.2, 0) is 11.8 Å². The molecule has 0 N–H and O–H groups in total. The predicted molar refractivity (Wildman–Crippen MR) is 251 cm³/mol. The summed E-state index contributed by atoms with van der Waals surface area (Å²) in [7, 11) is 0. The van der Waals surface area contributed by atoms with Crippen LogP contribution in [-0.4, -0.2) is 15.0 Å². The molecule has 0 radical (unpaired) electrons.